The van der Waals surface area contributed by atoms with E-state index in [4.69, 9.17) is 28.7 Å². The number of rotatable bonds is 25. The van der Waals surface area contributed by atoms with Crippen LogP contribution < -0.4 is 44.6 Å². The quantitative estimate of drug-likeness (QED) is 0.0632. The number of hydrogen-bond donors (Lipinski definition) is 8. The lowest BCUT2D eigenvalue weighted by Gasteiger charge is -2.30. The minimum atomic E-state index is 0.662. The summed E-state index contributed by atoms with van der Waals surface area (Å²) in [4.78, 5) is 7.29. The van der Waals surface area contributed by atoms with E-state index in [1.165, 1.54) is 0 Å². The third-order valence-electron chi connectivity index (χ3n) is 5.13. The van der Waals surface area contributed by atoms with Crippen molar-refractivity contribution in [1.82, 2.24) is 30.7 Å². The summed E-state index contributed by atoms with van der Waals surface area (Å²) in [5.41, 5.74) is 28.4. The van der Waals surface area contributed by atoms with Gasteiger partial charge in [-0.05, 0) is 0 Å². The van der Waals surface area contributed by atoms with E-state index in [1.54, 1.807) is 0 Å². The number of hydrogen-bond acceptors (Lipinski definition) is 11. The summed E-state index contributed by atoms with van der Waals surface area (Å²) in [7, 11) is 0. The van der Waals surface area contributed by atoms with Gasteiger partial charge in [-0.3, -0.25) is 14.7 Å². The van der Waals surface area contributed by atoms with Crippen molar-refractivity contribution >= 4 is 0 Å². The molecule has 0 aromatic carbocycles. The molecule has 188 valence electrons. The van der Waals surface area contributed by atoms with Crippen LogP contribution in [-0.4, -0.2) is 146 Å². The minimum Gasteiger partial charge on any atom is -0.329 e. The first-order valence-electron chi connectivity index (χ1n) is 12.0. The summed E-state index contributed by atoms with van der Waals surface area (Å²) in [5, 5.41) is 10.2. The lowest BCUT2D eigenvalue weighted by atomic mass is 10.3. The van der Waals surface area contributed by atoms with Gasteiger partial charge in [0.1, 0.15) is 0 Å². The third-order valence-corrected chi connectivity index (χ3v) is 5.13. The van der Waals surface area contributed by atoms with Crippen LogP contribution in [0.15, 0.2) is 0 Å². The Balaban J connectivity index is 4.40. The van der Waals surface area contributed by atoms with Gasteiger partial charge in [0, 0.05) is 131 Å². The summed E-state index contributed by atoms with van der Waals surface area (Å²) in [5.74, 6) is 0. The molecule has 0 heterocycles. The van der Waals surface area contributed by atoms with E-state index in [2.05, 4.69) is 30.7 Å². The zero-order chi connectivity index (χ0) is 23.0. The molecule has 0 amide bonds. The largest absolute Gasteiger partial charge is 0.329 e. The van der Waals surface area contributed by atoms with Crippen LogP contribution in [0.1, 0.15) is 0 Å². The van der Waals surface area contributed by atoms with Gasteiger partial charge in [0.05, 0.1) is 0 Å². The predicted octanol–water partition coefficient (Wildman–Crippen LogP) is -4.55. The van der Waals surface area contributed by atoms with Gasteiger partial charge in [0.15, 0.2) is 0 Å². The number of nitrogens with one attached hydrogen (secondary N) is 3. The lowest BCUT2D eigenvalue weighted by Crippen LogP contribution is -2.45. The van der Waals surface area contributed by atoms with E-state index in [1.807, 2.05) is 0 Å². The number of nitrogens with two attached hydrogens (primary N) is 5. The van der Waals surface area contributed by atoms with Gasteiger partial charge in [0.25, 0.3) is 0 Å². The van der Waals surface area contributed by atoms with Crippen LogP contribution in [-0.2, 0) is 0 Å². The lowest BCUT2D eigenvalue weighted by molar-refractivity contribution is 0.181. The van der Waals surface area contributed by atoms with E-state index in [9.17, 15) is 0 Å². The zero-order valence-electron chi connectivity index (χ0n) is 19.9. The summed E-state index contributed by atoms with van der Waals surface area (Å²) in [6, 6.07) is 0. The Morgan fingerprint density at radius 2 is 0.645 bits per heavy atom. The standard InChI is InChI=1S/C20H53N11/c21-1-6-26-8-9-28-11-16-31(15-10-27-7-2-22)20-19-30(14-5-25)18-17-29(12-3-23)13-4-24/h26-28H,1-25H2. The van der Waals surface area contributed by atoms with Crippen LogP contribution in [0.3, 0.4) is 0 Å². The molecule has 0 aromatic heterocycles. The summed E-state index contributed by atoms with van der Waals surface area (Å²) in [6.45, 7) is 17.6. The van der Waals surface area contributed by atoms with Crippen molar-refractivity contribution < 1.29 is 0 Å². The normalized spacial score (nSPS) is 12.0. The molecule has 0 rings (SSSR count). The minimum absolute atomic E-state index is 0.662. The second kappa shape index (κ2) is 24.2. The van der Waals surface area contributed by atoms with E-state index < -0.39 is 0 Å². The Kier molecular flexibility index (Phi) is 23.9. The Morgan fingerprint density at radius 3 is 1.03 bits per heavy atom. The Bertz CT molecular complexity index is 343. The maximum Gasteiger partial charge on any atom is 0.0110 e. The molecule has 0 saturated carbocycles. The highest BCUT2D eigenvalue weighted by Crippen LogP contribution is 1.95. The highest BCUT2D eigenvalue weighted by Gasteiger charge is 2.11. The highest BCUT2D eigenvalue weighted by molar-refractivity contribution is 4.69. The second-order valence-corrected chi connectivity index (χ2v) is 7.72. The van der Waals surface area contributed by atoms with Gasteiger partial charge in [-0.15, -0.1) is 0 Å². The van der Waals surface area contributed by atoms with Crippen molar-refractivity contribution in [2.45, 2.75) is 0 Å². The molecular weight excluding hydrogens is 394 g/mol. The first kappa shape index (κ1) is 30.6. The van der Waals surface area contributed by atoms with Crippen molar-refractivity contribution in [2.75, 3.05) is 131 Å². The zero-order valence-corrected chi connectivity index (χ0v) is 19.9. The summed E-state index contributed by atoms with van der Waals surface area (Å²) in [6.07, 6.45) is 0. The topological polar surface area (TPSA) is 176 Å². The third kappa shape index (κ3) is 19.9. The molecule has 0 aromatic rings. The molecular formula is C20H53N11. The van der Waals surface area contributed by atoms with Gasteiger partial charge in [-0.25, -0.2) is 0 Å². The van der Waals surface area contributed by atoms with Gasteiger partial charge >= 0.3 is 0 Å². The Morgan fingerprint density at radius 1 is 0.323 bits per heavy atom. The van der Waals surface area contributed by atoms with E-state index in [0.717, 1.165) is 98.2 Å². The SMILES string of the molecule is NCCNCCNCCN(CCNCCN)CCN(CCN)CCN(CCN)CCN. The van der Waals surface area contributed by atoms with Crippen molar-refractivity contribution in [3.63, 3.8) is 0 Å². The summed E-state index contributed by atoms with van der Waals surface area (Å²) >= 11 is 0. The van der Waals surface area contributed by atoms with Crippen molar-refractivity contribution in [2.24, 2.45) is 28.7 Å². The van der Waals surface area contributed by atoms with Crippen LogP contribution in [0.2, 0.25) is 0 Å². The van der Waals surface area contributed by atoms with Gasteiger partial charge < -0.3 is 44.6 Å². The van der Waals surface area contributed by atoms with Crippen LogP contribution in [0.4, 0.5) is 0 Å². The smallest absolute Gasteiger partial charge is 0.0110 e. The van der Waals surface area contributed by atoms with Gasteiger partial charge in [-0.2, -0.15) is 0 Å². The molecule has 0 aliphatic heterocycles. The molecule has 31 heavy (non-hydrogen) atoms. The van der Waals surface area contributed by atoms with E-state index in [0.29, 0.717) is 32.7 Å². The average molecular weight is 448 g/mol. The maximum atomic E-state index is 5.87. The van der Waals surface area contributed by atoms with E-state index >= 15 is 0 Å². The Hall–Kier alpha value is -0.440. The molecule has 0 aliphatic carbocycles. The molecule has 11 nitrogen and oxygen atoms in total. The van der Waals surface area contributed by atoms with E-state index in [-0.39, 0.29) is 0 Å². The second-order valence-electron chi connectivity index (χ2n) is 7.72. The van der Waals surface area contributed by atoms with Crippen LogP contribution >= 0.6 is 0 Å². The molecule has 0 aliphatic rings. The monoisotopic (exact) mass is 447 g/mol. The molecule has 0 bridgehead atoms. The van der Waals surface area contributed by atoms with Crippen LogP contribution in [0, 0.1) is 0 Å². The average Bonchev–Trinajstić information content (AvgIpc) is 2.77. The molecule has 0 atom stereocenters. The fourth-order valence-electron chi connectivity index (χ4n) is 3.35. The van der Waals surface area contributed by atoms with Crippen molar-refractivity contribution in [3.05, 3.63) is 0 Å². The maximum absolute atomic E-state index is 5.87. The summed E-state index contributed by atoms with van der Waals surface area (Å²) < 4.78 is 0. The Labute approximate surface area is 190 Å². The molecule has 0 unspecified atom stereocenters. The predicted molar refractivity (Wildman–Crippen MR) is 133 cm³/mol. The van der Waals surface area contributed by atoms with Crippen LogP contribution in [0.5, 0.6) is 0 Å². The first-order valence-corrected chi connectivity index (χ1v) is 12.0. The molecule has 13 N–H and O–H groups in total. The molecule has 0 saturated heterocycles. The molecule has 0 fully saturated rings. The highest BCUT2D eigenvalue weighted by atomic mass is 15.2. The number of nitrogens with zero attached hydrogens (tertiary/aromatic N) is 3. The fourth-order valence-corrected chi connectivity index (χ4v) is 3.35. The molecule has 0 radical (unpaired) electrons. The van der Waals surface area contributed by atoms with Crippen molar-refractivity contribution in [1.29, 1.82) is 0 Å². The first-order chi connectivity index (χ1) is 15.2. The fraction of sp³-hybridized carbons (Fsp3) is 1.00. The van der Waals surface area contributed by atoms with Gasteiger partial charge in [-0.1, -0.05) is 0 Å². The molecule has 0 spiro atoms. The van der Waals surface area contributed by atoms with Crippen LogP contribution in [0.25, 0.3) is 0 Å². The molecule has 11 heteroatoms. The van der Waals surface area contributed by atoms with Gasteiger partial charge in [0.2, 0.25) is 0 Å². The van der Waals surface area contributed by atoms with Crippen molar-refractivity contribution in [3.8, 4) is 0 Å².